The highest BCUT2D eigenvalue weighted by atomic mass is 35.5. The zero-order chi connectivity index (χ0) is 14.8. The molecular formula is C10H4ClF3N2O3. The lowest BCUT2D eigenvalue weighted by Gasteiger charge is -2.12. The number of carbonyl (C=O) groups excluding carboxylic acids is 1. The molecule has 1 aromatic rings. The topological polar surface area (TPSA) is 84.0 Å². The lowest BCUT2D eigenvalue weighted by Crippen LogP contribution is -2.17. The van der Waals surface area contributed by atoms with Crippen molar-refractivity contribution in [1.82, 2.24) is 0 Å². The zero-order valence-electron chi connectivity index (χ0n) is 8.99. The molecule has 0 radical (unpaired) electrons. The van der Waals surface area contributed by atoms with E-state index < -0.39 is 45.1 Å². The van der Waals surface area contributed by atoms with Crippen LogP contribution in [0, 0.1) is 21.4 Å². The highest BCUT2D eigenvalue weighted by molar-refractivity contribution is 6.30. The summed E-state index contributed by atoms with van der Waals surface area (Å²) in [6, 6.07) is 2.43. The third kappa shape index (κ3) is 2.82. The van der Waals surface area contributed by atoms with Crippen molar-refractivity contribution < 1.29 is 22.9 Å². The molecule has 1 aromatic carbocycles. The Morgan fingerprint density at radius 2 is 2.05 bits per heavy atom. The molecule has 5 nitrogen and oxygen atoms in total. The van der Waals surface area contributed by atoms with Crippen molar-refractivity contribution in [2.45, 2.75) is 6.18 Å². The molecule has 0 aromatic heterocycles. The molecule has 0 aliphatic rings. The lowest BCUT2D eigenvalue weighted by molar-refractivity contribution is -0.385. The smallest absolute Gasteiger partial charge is 0.293 e. The van der Waals surface area contributed by atoms with Gasteiger partial charge in [0.15, 0.2) is 5.78 Å². The van der Waals surface area contributed by atoms with Crippen molar-refractivity contribution in [2.24, 2.45) is 0 Å². The van der Waals surface area contributed by atoms with Gasteiger partial charge < -0.3 is 0 Å². The number of rotatable bonds is 3. The molecule has 0 fully saturated rings. The van der Waals surface area contributed by atoms with Gasteiger partial charge in [-0.3, -0.25) is 14.9 Å². The summed E-state index contributed by atoms with van der Waals surface area (Å²) in [5.74, 6) is -1.80. The number of Topliss-reactive ketones (excluding diaryl/α,β-unsaturated/α-hetero) is 1. The summed E-state index contributed by atoms with van der Waals surface area (Å²) in [5.41, 5.74) is -4.70. The first-order chi connectivity index (χ1) is 8.73. The molecular weight excluding hydrogens is 289 g/mol. The second kappa shape index (κ2) is 5.24. The Morgan fingerprint density at radius 1 is 1.47 bits per heavy atom. The van der Waals surface area contributed by atoms with Crippen LogP contribution in [0.1, 0.15) is 21.5 Å². The fraction of sp³-hybridized carbons (Fsp3) is 0.200. The van der Waals surface area contributed by atoms with Gasteiger partial charge in [-0.15, -0.1) is 11.6 Å². The van der Waals surface area contributed by atoms with Crippen LogP contribution in [0.4, 0.5) is 18.9 Å². The van der Waals surface area contributed by atoms with Crippen LogP contribution < -0.4 is 0 Å². The predicted octanol–water partition coefficient (Wildman–Crippen LogP) is 2.91. The normalized spacial score (nSPS) is 10.9. The number of nitriles is 1. The number of alkyl halides is 4. The van der Waals surface area contributed by atoms with Crippen molar-refractivity contribution in [3.8, 4) is 6.07 Å². The highest BCUT2D eigenvalue weighted by Gasteiger charge is 2.41. The average Bonchev–Trinajstić information content (AvgIpc) is 2.34. The molecule has 0 amide bonds. The number of halogens is 4. The summed E-state index contributed by atoms with van der Waals surface area (Å²) in [6.45, 7) is 0. The van der Waals surface area contributed by atoms with E-state index in [9.17, 15) is 28.1 Å². The number of carbonyl (C=O) groups is 1. The lowest BCUT2D eigenvalue weighted by atomic mass is 9.97. The zero-order valence-corrected chi connectivity index (χ0v) is 9.75. The summed E-state index contributed by atoms with van der Waals surface area (Å²) in [4.78, 5) is 20.8. The monoisotopic (exact) mass is 292 g/mol. The number of hydrogen-bond donors (Lipinski definition) is 0. The van der Waals surface area contributed by atoms with E-state index in [0.717, 1.165) is 6.07 Å². The van der Waals surface area contributed by atoms with Crippen LogP contribution in [0.5, 0.6) is 0 Å². The Morgan fingerprint density at radius 3 is 2.42 bits per heavy atom. The van der Waals surface area contributed by atoms with Gasteiger partial charge in [0.2, 0.25) is 0 Å². The maximum absolute atomic E-state index is 12.9. The fourth-order valence-electron chi connectivity index (χ4n) is 1.46. The van der Waals surface area contributed by atoms with E-state index in [4.69, 9.17) is 16.9 Å². The van der Waals surface area contributed by atoms with E-state index >= 15 is 0 Å². The van der Waals surface area contributed by atoms with Crippen LogP contribution in [0.2, 0.25) is 0 Å². The minimum absolute atomic E-state index is 0.645. The largest absolute Gasteiger partial charge is 0.418 e. The second-order valence-corrected chi connectivity index (χ2v) is 3.57. The van der Waals surface area contributed by atoms with E-state index in [1.54, 1.807) is 0 Å². The number of nitrogens with zero attached hydrogens (tertiary/aromatic N) is 2. The van der Waals surface area contributed by atoms with Gasteiger partial charge in [0, 0.05) is 11.6 Å². The third-order valence-electron chi connectivity index (χ3n) is 2.20. The van der Waals surface area contributed by atoms with E-state index in [-0.39, 0.29) is 0 Å². The highest BCUT2D eigenvalue weighted by Crippen LogP contribution is 2.38. The molecule has 0 saturated carbocycles. The Bertz CT molecular complexity index is 593. The minimum atomic E-state index is -5.08. The van der Waals surface area contributed by atoms with Crippen molar-refractivity contribution in [3.63, 3.8) is 0 Å². The number of nitro benzene ring substituents is 1. The first-order valence-corrected chi connectivity index (χ1v) is 5.15. The minimum Gasteiger partial charge on any atom is -0.293 e. The average molecular weight is 293 g/mol. The number of benzene rings is 1. The Kier molecular flexibility index (Phi) is 4.11. The Hall–Kier alpha value is -2.14. The van der Waals surface area contributed by atoms with Gasteiger partial charge >= 0.3 is 6.18 Å². The number of ketones is 1. The van der Waals surface area contributed by atoms with Crippen LogP contribution in [0.3, 0.4) is 0 Å². The van der Waals surface area contributed by atoms with E-state index in [1.165, 1.54) is 0 Å². The summed E-state index contributed by atoms with van der Waals surface area (Å²) in [6.07, 6.45) is -5.08. The van der Waals surface area contributed by atoms with Crippen molar-refractivity contribution in [3.05, 3.63) is 38.9 Å². The van der Waals surface area contributed by atoms with Crippen LogP contribution >= 0.6 is 11.6 Å². The summed E-state index contributed by atoms with van der Waals surface area (Å²) in [5, 5.41) is 19.3. The molecule has 9 heteroatoms. The molecule has 0 N–H and O–H groups in total. The van der Waals surface area contributed by atoms with Crippen molar-refractivity contribution in [1.29, 1.82) is 5.26 Å². The van der Waals surface area contributed by atoms with Crippen molar-refractivity contribution >= 4 is 23.1 Å². The van der Waals surface area contributed by atoms with Gasteiger partial charge in [0.1, 0.15) is 11.6 Å². The van der Waals surface area contributed by atoms with E-state index in [2.05, 4.69) is 0 Å². The van der Waals surface area contributed by atoms with Gasteiger partial charge in [-0.2, -0.15) is 18.4 Å². The molecule has 100 valence electrons. The Labute approximate surface area is 109 Å². The molecule has 1 rings (SSSR count). The fourth-order valence-corrected chi connectivity index (χ4v) is 1.60. The molecule has 0 aliphatic carbocycles. The van der Waals surface area contributed by atoms with Crippen molar-refractivity contribution in [2.75, 3.05) is 5.88 Å². The summed E-state index contributed by atoms with van der Waals surface area (Å²) in [7, 11) is 0. The SMILES string of the molecule is N#Cc1c([N+](=O)[O-])ccc(C(=O)CCl)c1C(F)(F)F. The number of hydrogen-bond acceptors (Lipinski definition) is 4. The van der Waals surface area contributed by atoms with Crippen LogP contribution in [0.25, 0.3) is 0 Å². The molecule has 0 bridgehead atoms. The summed E-state index contributed by atoms with van der Waals surface area (Å²) >= 11 is 5.17. The molecule has 0 atom stereocenters. The van der Waals surface area contributed by atoms with Gasteiger partial charge in [-0.05, 0) is 6.07 Å². The van der Waals surface area contributed by atoms with Crippen LogP contribution in [0.15, 0.2) is 12.1 Å². The Balaban J connectivity index is 3.77. The van der Waals surface area contributed by atoms with E-state index in [0.29, 0.717) is 12.1 Å². The van der Waals surface area contributed by atoms with Crippen LogP contribution in [-0.4, -0.2) is 16.6 Å². The first-order valence-electron chi connectivity index (χ1n) is 4.61. The third-order valence-corrected chi connectivity index (χ3v) is 2.44. The predicted molar refractivity (Wildman–Crippen MR) is 57.9 cm³/mol. The molecule has 19 heavy (non-hydrogen) atoms. The van der Waals surface area contributed by atoms with E-state index in [1.807, 2.05) is 0 Å². The molecule has 0 spiro atoms. The first kappa shape index (κ1) is 14.9. The van der Waals surface area contributed by atoms with Gasteiger partial charge in [-0.1, -0.05) is 0 Å². The van der Waals surface area contributed by atoms with Gasteiger partial charge in [-0.25, -0.2) is 0 Å². The molecule has 0 unspecified atom stereocenters. The van der Waals surface area contributed by atoms with Crippen LogP contribution in [-0.2, 0) is 6.18 Å². The number of nitro groups is 1. The second-order valence-electron chi connectivity index (χ2n) is 3.31. The quantitative estimate of drug-likeness (QED) is 0.371. The molecule has 0 aliphatic heterocycles. The van der Waals surface area contributed by atoms with Gasteiger partial charge in [0.05, 0.1) is 16.4 Å². The molecule has 0 heterocycles. The maximum atomic E-state index is 12.9. The summed E-state index contributed by atoms with van der Waals surface area (Å²) < 4.78 is 38.6. The van der Waals surface area contributed by atoms with Gasteiger partial charge in [0.25, 0.3) is 5.69 Å². The standard InChI is InChI=1S/C10H4ClF3N2O3/c11-3-8(17)5-1-2-7(16(18)19)6(4-15)9(5)10(12,13)14/h1-2H,3H2. The maximum Gasteiger partial charge on any atom is 0.418 e. The molecule has 0 saturated heterocycles.